The normalized spacial score (nSPS) is 17.2. The quantitative estimate of drug-likeness (QED) is 0.927. The van der Waals surface area contributed by atoms with Gasteiger partial charge in [-0.1, -0.05) is 30.3 Å². The molecule has 1 aliphatic heterocycles. The zero-order chi connectivity index (χ0) is 13.8. The van der Waals surface area contributed by atoms with E-state index in [9.17, 15) is 0 Å². The molecule has 0 aliphatic carbocycles. The molecule has 104 valence electrons. The fourth-order valence-corrected chi connectivity index (χ4v) is 3.03. The lowest BCUT2D eigenvalue weighted by atomic mass is 10.0. The van der Waals surface area contributed by atoms with Crippen LogP contribution in [0.2, 0.25) is 0 Å². The molecule has 1 unspecified atom stereocenters. The molecular formula is C17H21N3. The van der Waals surface area contributed by atoms with Gasteiger partial charge in [-0.2, -0.15) is 0 Å². The summed E-state index contributed by atoms with van der Waals surface area (Å²) in [6.07, 6.45) is 4.05. The van der Waals surface area contributed by atoms with E-state index in [0.717, 1.165) is 31.6 Å². The standard InChI is InChI=1S/C17H21N3/c18-13-17(16-7-3-4-10-19-16)20-11-8-14-5-1-2-6-15(14)9-12-20/h1-7,10,17H,8-9,11-13,18H2. The van der Waals surface area contributed by atoms with Crippen molar-refractivity contribution in [3.8, 4) is 0 Å². The van der Waals surface area contributed by atoms with Crippen LogP contribution in [0.5, 0.6) is 0 Å². The molecule has 0 amide bonds. The maximum atomic E-state index is 6.01. The van der Waals surface area contributed by atoms with Crippen LogP contribution >= 0.6 is 0 Å². The average molecular weight is 267 g/mol. The lowest BCUT2D eigenvalue weighted by molar-refractivity contribution is 0.207. The zero-order valence-electron chi connectivity index (χ0n) is 11.7. The van der Waals surface area contributed by atoms with Crippen molar-refractivity contribution in [2.24, 2.45) is 5.73 Å². The van der Waals surface area contributed by atoms with Crippen molar-refractivity contribution in [2.75, 3.05) is 19.6 Å². The average Bonchev–Trinajstić information content (AvgIpc) is 2.72. The molecule has 20 heavy (non-hydrogen) atoms. The van der Waals surface area contributed by atoms with Crippen LogP contribution in [-0.4, -0.2) is 29.5 Å². The first kappa shape index (κ1) is 13.3. The summed E-state index contributed by atoms with van der Waals surface area (Å²) >= 11 is 0. The Hall–Kier alpha value is -1.71. The summed E-state index contributed by atoms with van der Waals surface area (Å²) in [5, 5.41) is 0. The Bertz CT molecular complexity index is 526. The highest BCUT2D eigenvalue weighted by atomic mass is 15.2. The summed E-state index contributed by atoms with van der Waals surface area (Å²) in [6.45, 7) is 2.72. The van der Waals surface area contributed by atoms with Gasteiger partial charge in [0.2, 0.25) is 0 Å². The smallest absolute Gasteiger partial charge is 0.0644 e. The Morgan fingerprint density at radius 1 is 1.00 bits per heavy atom. The zero-order valence-corrected chi connectivity index (χ0v) is 11.7. The second-order valence-electron chi connectivity index (χ2n) is 5.31. The lowest BCUT2D eigenvalue weighted by Gasteiger charge is -2.29. The van der Waals surface area contributed by atoms with Crippen LogP contribution in [0.4, 0.5) is 0 Å². The van der Waals surface area contributed by atoms with Crippen LogP contribution in [0.25, 0.3) is 0 Å². The molecular weight excluding hydrogens is 246 g/mol. The minimum Gasteiger partial charge on any atom is -0.329 e. The van der Waals surface area contributed by atoms with Crippen LogP contribution in [0.3, 0.4) is 0 Å². The number of nitrogens with zero attached hydrogens (tertiary/aromatic N) is 2. The van der Waals surface area contributed by atoms with Gasteiger partial charge in [-0.15, -0.1) is 0 Å². The Morgan fingerprint density at radius 2 is 1.65 bits per heavy atom. The maximum absolute atomic E-state index is 6.01. The maximum Gasteiger partial charge on any atom is 0.0644 e. The van der Waals surface area contributed by atoms with E-state index in [1.54, 1.807) is 0 Å². The van der Waals surface area contributed by atoms with Crippen molar-refractivity contribution in [1.82, 2.24) is 9.88 Å². The van der Waals surface area contributed by atoms with Crippen molar-refractivity contribution in [3.63, 3.8) is 0 Å². The first-order valence-corrected chi connectivity index (χ1v) is 7.30. The molecule has 0 radical (unpaired) electrons. The van der Waals surface area contributed by atoms with Gasteiger partial charge in [-0.05, 0) is 36.1 Å². The molecule has 0 saturated heterocycles. The van der Waals surface area contributed by atoms with E-state index in [1.807, 2.05) is 18.3 Å². The molecule has 2 N–H and O–H groups in total. The molecule has 2 heterocycles. The molecule has 1 atom stereocenters. The SMILES string of the molecule is NCC(c1ccccn1)N1CCc2ccccc2CC1. The summed E-state index contributed by atoms with van der Waals surface area (Å²) < 4.78 is 0. The Balaban J connectivity index is 1.78. The highest BCUT2D eigenvalue weighted by Crippen LogP contribution is 2.22. The monoisotopic (exact) mass is 267 g/mol. The Labute approximate surface area is 120 Å². The Morgan fingerprint density at radius 3 is 2.20 bits per heavy atom. The molecule has 3 heteroatoms. The fraction of sp³-hybridized carbons (Fsp3) is 0.353. The summed E-state index contributed by atoms with van der Waals surface area (Å²) in [6, 6.07) is 15.1. The summed E-state index contributed by atoms with van der Waals surface area (Å²) in [5.74, 6) is 0. The van der Waals surface area contributed by atoms with E-state index < -0.39 is 0 Å². The van der Waals surface area contributed by atoms with E-state index in [2.05, 4.69) is 40.2 Å². The van der Waals surface area contributed by atoms with Crippen LogP contribution in [-0.2, 0) is 12.8 Å². The number of benzene rings is 1. The van der Waals surface area contributed by atoms with E-state index in [4.69, 9.17) is 5.73 Å². The molecule has 1 aliphatic rings. The highest BCUT2D eigenvalue weighted by Gasteiger charge is 2.22. The van der Waals surface area contributed by atoms with Gasteiger partial charge in [0, 0.05) is 25.8 Å². The summed E-state index contributed by atoms with van der Waals surface area (Å²) in [4.78, 5) is 6.96. The van der Waals surface area contributed by atoms with Gasteiger partial charge in [0.1, 0.15) is 0 Å². The van der Waals surface area contributed by atoms with Gasteiger partial charge in [-0.3, -0.25) is 9.88 Å². The molecule has 0 fully saturated rings. The topological polar surface area (TPSA) is 42.1 Å². The van der Waals surface area contributed by atoms with Crippen LogP contribution in [0.1, 0.15) is 22.9 Å². The largest absolute Gasteiger partial charge is 0.329 e. The third-order valence-corrected chi connectivity index (χ3v) is 4.15. The number of nitrogens with two attached hydrogens (primary N) is 1. The highest BCUT2D eigenvalue weighted by molar-refractivity contribution is 5.29. The van der Waals surface area contributed by atoms with E-state index in [1.165, 1.54) is 11.1 Å². The molecule has 1 aromatic heterocycles. The first-order valence-electron chi connectivity index (χ1n) is 7.30. The molecule has 2 aromatic rings. The molecule has 0 bridgehead atoms. The van der Waals surface area contributed by atoms with Crippen molar-refractivity contribution in [2.45, 2.75) is 18.9 Å². The number of rotatable bonds is 3. The predicted molar refractivity (Wildman–Crippen MR) is 81.5 cm³/mol. The summed E-state index contributed by atoms with van der Waals surface area (Å²) in [7, 11) is 0. The van der Waals surface area contributed by atoms with Crippen LogP contribution < -0.4 is 5.73 Å². The minimum atomic E-state index is 0.227. The predicted octanol–water partition coefficient (Wildman–Crippen LogP) is 2.18. The number of hydrogen-bond donors (Lipinski definition) is 1. The van der Waals surface area contributed by atoms with Crippen molar-refractivity contribution in [1.29, 1.82) is 0 Å². The first-order chi connectivity index (χ1) is 9.88. The third kappa shape index (κ3) is 2.74. The van der Waals surface area contributed by atoms with Gasteiger partial charge in [0.25, 0.3) is 0 Å². The van der Waals surface area contributed by atoms with E-state index >= 15 is 0 Å². The fourth-order valence-electron chi connectivity index (χ4n) is 3.03. The molecule has 1 aromatic carbocycles. The van der Waals surface area contributed by atoms with Gasteiger partial charge in [0.05, 0.1) is 11.7 Å². The number of fused-ring (bicyclic) bond motifs is 1. The van der Waals surface area contributed by atoms with Gasteiger partial charge >= 0.3 is 0 Å². The molecule has 3 rings (SSSR count). The van der Waals surface area contributed by atoms with Gasteiger partial charge in [-0.25, -0.2) is 0 Å². The molecule has 0 spiro atoms. The Kier molecular flexibility index (Phi) is 4.09. The second kappa shape index (κ2) is 6.16. The van der Waals surface area contributed by atoms with Gasteiger partial charge in [0.15, 0.2) is 0 Å². The number of pyridine rings is 1. The van der Waals surface area contributed by atoms with E-state index in [-0.39, 0.29) is 6.04 Å². The molecule has 3 nitrogen and oxygen atoms in total. The van der Waals surface area contributed by atoms with Crippen LogP contribution in [0, 0.1) is 0 Å². The van der Waals surface area contributed by atoms with E-state index in [0.29, 0.717) is 6.54 Å². The lowest BCUT2D eigenvalue weighted by Crippen LogP contribution is -2.36. The van der Waals surface area contributed by atoms with Gasteiger partial charge < -0.3 is 5.73 Å². The van der Waals surface area contributed by atoms with Crippen molar-refractivity contribution >= 4 is 0 Å². The third-order valence-electron chi connectivity index (χ3n) is 4.15. The molecule has 0 saturated carbocycles. The number of hydrogen-bond acceptors (Lipinski definition) is 3. The summed E-state index contributed by atoms with van der Waals surface area (Å²) in [5.41, 5.74) is 10.1. The van der Waals surface area contributed by atoms with Crippen molar-refractivity contribution in [3.05, 3.63) is 65.5 Å². The van der Waals surface area contributed by atoms with Crippen LogP contribution in [0.15, 0.2) is 48.7 Å². The second-order valence-corrected chi connectivity index (χ2v) is 5.31. The minimum absolute atomic E-state index is 0.227. The van der Waals surface area contributed by atoms with Crippen molar-refractivity contribution < 1.29 is 0 Å². The number of aromatic nitrogens is 1.